The summed E-state index contributed by atoms with van der Waals surface area (Å²) in [6, 6.07) is 8.03. The SMILES string of the molecule is CCc1cccc(CC(=O)N2CCCC(C)(C(=O)O)C2)c1. The number of rotatable bonds is 4. The number of aliphatic carboxylic acids is 1. The van der Waals surface area contributed by atoms with Gasteiger partial charge >= 0.3 is 5.97 Å². The van der Waals surface area contributed by atoms with Gasteiger partial charge in [-0.25, -0.2) is 0 Å². The van der Waals surface area contributed by atoms with Gasteiger partial charge in [-0.05, 0) is 37.3 Å². The maximum absolute atomic E-state index is 12.4. The summed E-state index contributed by atoms with van der Waals surface area (Å²) in [6.45, 7) is 4.79. The number of carboxylic acids is 1. The highest BCUT2D eigenvalue weighted by Crippen LogP contribution is 2.30. The van der Waals surface area contributed by atoms with Crippen LogP contribution in [0, 0.1) is 5.41 Å². The van der Waals surface area contributed by atoms with E-state index < -0.39 is 11.4 Å². The van der Waals surface area contributed by atoms with Crippen molar-refractivity contribution in [2.24, 2.45) is 5.41 Å². The van der Waals surface area contributed by atoms with Crippen molar-refractivity contribution in [1.29, 1.82) is 0 Å². The van der Waals surface area contributed by atoms with Crippen molar-refractivity contribution < 1.29 is 14.7 Å². The number of piperidine rings is 1. The molecular weight excluding hydrogens is 266 g/mol. The minimum absolute atomic E-state index is 0.0235. The van der Waals surface area contributed by atoms with Gasteiger partial charge in [-0.3, -0.25) is 9.59 Å². The molecule has 1 heterocycles. The Bertz CT molecular complexity index is 541. The van der Waals surface area contributed by atoms with Crippen LogP contribution >= 0.6 is 0 Å². The Hall–Kier alpha value is -1.84. The molecule has 1 unspecified atom stereocenters. The molecule has 2 rings (SSSR count). The highest BCUT2D eigenvalue weighted by Gasteiger charge is 2.39. The largest absolute Gasteiger partial charge is 0.481 e. The number of nitrogens with zero attached hydrogens (tertiary/aromatic N) is 1. The Balaban J connectivity index is 2.04. The number of benzene rings is 1. The summed E-state index contributed by atoms with van der Waals surface area (Å²) in [5.74, 6) is -0.789. The first-order valence-corrected chi connectivity index (χ1v) is 7.53. The Morgan fingerprint density at radius 3 is 2.71 bits per heavy atom. The standard InChI is InChI=1S/C17H23NO3/c1-3-13-6-4-7-14(10-13)11-15(19)18-9-5-8-17(2,12-18)16(20)21/h4,6-7,10H,3,5,8-9,11-12H2,1-2H3,(H,20,21). The molecule has 1 aromatic rings. The Morgan fingerprint density at radius 2 is 2.05 bits per heavy atom. The molecule has 1 N–H and O–H groups in total. The molecular formula is C17H23NO3. The molecule has 4 nitrogen and oxygen atoms in total. The average Bonchev–Trinajstić information content (AvgIpc) is 2.47. The van der Waals surface area contributed by atoms with Crippen LogP contribution in [0.1, 0.15) is 37.8 Å². The van der Waals surface area contributed by atoms with Crippen LogP contribution in [0.25, 0.3) is 0 Å². The molecule has 21 heavy (non-hydrogen) atoms. The molecule has 1 amide bonds. The number of aryl methyl sites for hydroxylation is 1. The first-order chi connectivity index (χ1) is 9.94. The van der Waals surface area contributed by atoms with Gasteiger partial charge in [-0.15, -0.1) is 0 Å². The van der Waals surface area contributed by atoms with Crippen molar-refractivity contribution in [3.05, 3.63) is 35.4 Å². The first-order valence-electron chi connectivity index (χ1n) is 7.53. The van der Waals surface area contributed by atoms with Gasteiger partial charge < -0.3 is 10.0 Å². The normalized spacial score (nSPS) is 22.1. The van der Waals surface area contributed by atoms with Crippen LogP contribution in [0.4, 0.5) is 0 Å². The van der Waals surface area contributed by atoms with Crippen LogP contribution in [0.2, 0.25) is 0 Å². The van der Waals surface area contributed by atoms with E-state index in [1.54, 1.807) is 11.8 Å². The van der Waals surface area contributed by atoms with E-state index in [1.807, 2.05) is 12.1 Å². The highest BCUT2D eigenvalue weighted by molar-refractivity contribution is 5.81. The van der Waals surface area contributed by atoms with Gasteiger partial charge in [0.15, 0.2) is 0 Å². The molecule has 1 aliphatic rings. The lowest BCUT2D eigenvalue weighted by atomic mass is 9.82. The summed E-state index contributed by atoms with van der Waals surface area (Å²) < 4.78 is 0. The fraction of sp³-hybridized carbons (Fsp3) is 0.529. The van der Waals surface area contributed by atoms with Crippen molar-refractivity contribution >= 4 is 11.9 Å². The topological polar surface area (TPSA) is 57.6 Å². The molecule has 0 bridgehead atoms. The third-order valence-electron chi connectivity index (χ3n) is 4.32. The Morgan fingerprint density at radius 1 is 1.33 bits per heavy atom. The molecule has 1 atom stereocenters. The second-order valence-electron chi connectivity index (χ2n) is 6.13. The van der Waals surface area contributed by atoms with Crippen LogP contribution in [0.15, 0.2) is 24.3 Å². The Kier molecular flexibility index (Phi) is 4.66. The zero-order valence-corrected chi connectivity index (χ0v) is 12.8. The molecule has 0 aromatic heterocycles. The molecule has 1 saturated heterocycles. The van der Waals surface area contributed by atoms with Crippen LogP contribution in [0.3, 0.4) is 0 Å². The summed E-state index contributed by atoms with van der Waals surface area (Å²) >= 11 is 0. The number of carbonyl (C=O) groups is 2. The molecule has 1 aliphatic heterocycles. The van der Waals surface area contributed by atoms with E-state index in [4.69, 9.17) is 0 Å². The second kappa shape index (κ2) is 6.29. The molecule has 1 aromatic carbocycles. The molecule has 1 fully saturated rings. The third kappa shape index (κ3) is 3.63. The fourth-order valence-electron chi connectivity index (χ4n) is 2.87. The van der Waals surface area contributed by atoms with E-state index >= 15 is 0 Å². The van der Waals surface area contributed by atoms with E-state index in [0.717, 1.165) is 18.4 Å². The monoisotopic (exact) mass is 289 g/mol. The lowest BCUT2D eigenvalue weighted by Crippen LogP contribution is -2.48. The second-order valence-corrected chi connectivity index (χ2v) is 6.13. The average molecular weight is 289 g/mol. The number of carboxylic acid groups (broad SMARTS) is 1. The molecule has 114 valence electrons. The lowest BCUT2D eigenvalue weighted by Gasteiger charge is -2.37. The van der Waals surface area contributed by atoms with Gasteiger partial charge in [0.05, 0.1) is 11.8 Å². The summed E-state index contributed by atoms with van der Waals surface area (Å²) in [4.78, 5) is 25.5. The zero-order valence-electron chi connectivity index (χ0n) is 12.8. The van der Waals surface area contributed by atoms with Crippen LogP contribution in [-0.2, 0) is 22.4 Å². The molecule has 0 aliphatic carbocycles. The van der Waals surface area contributed by atoms with E-state index in [2.05, 4.69) is 19.1 Å². The zero-order chi connectivity index (χ0) is 15.5. The van der Waals surface area contributed by atoms with Gasteiger partial charge in [0.1, 0.15) is 0 Å². The van der Waals surface area contributed by atoms with E-state index in [0.29, 0.717) is 25.9 Å². The van der Waals surface area contributed by atoms with Gasteiger partial charge in [-0.2, -0.15) is 0 Å². The van der Waals surface area contributed by atoms with Gasteiger partial charge in [0.25, 0.3) is 0 Å². The van der Waals surface area contributed by atoms with E-state index in [1.165, 1.54) is 5.56 Å². The van der Waals surface area contributed by atoms with Gasteiger partial charge in [0, 0.05) is 13.1 Å². The molecule has 0 saturated carbocycles. The summed E-state index contributed by atoms with van der Waals surface area (Å²) in [6.07, 6.45) is 2.69. The smallest absolute Gasteiger partial charge is 0.311 e. The molecule has 0 spiro atoms. The van der Waals surface area contributed by atoms with E-state index in [9.17, 15) is 14.7 Å². The van der Waals surface area contributed by atoms with E-state index in [-0.39, 0.29) is 5.91 Å². The van der Waals surface area contributed by atoms with Crippen molar-refractivity contribution in [1.82, 2.24) is 4.90 Å². The maximum Gasteiger partial charge on any atom is 0.311 e. The van der Waals surface area contributed by atoms with Crippen molar-refractivity contribution in [3.8, 4) is 0 Å². The van der Waals surface area contributed by atoms with Crippen molar-refractivity contribution in [2.75, 3.05) is 13.1 Å². The summed E-state index contributed by atoms with van der Waals surface area (Å²) in [5, 5.41) is 9.32. The first kappa shape index (κ1) is 15.5. The Labute approximate surface area is 125 Å². The quantitative estimate of drug-likeness (QED) is 0.926. The van der Waals surface area contributed by atoms with Crippen molar-refractivity contribution in [3.63, 3.8) is 0 Å². The van der Waals surface area contributed by atoms with Crippen molar-refractivity contribution in [2.45, 2.75) is 39.5 Å². The molecule has 0 radical (unpaired) electrons. The number of carbonyl (C=O) groups excluding carboxylic acids is 1. The van der Waals surface area contributed by atoms with Crippen LogP contribution in [-0.4, -0.2) is 35.0 Å². The fourth-order valence-corrected chi connectivity index (χ4v) is 2.87. The predicted molar refractivity (Wildman–Crippen MR) is 81.1 cm³/mol. The van der Waals surface area contributed by atoms with Gasteiger partial charge in [0.2, 0.25) is 5.91 Å². The number of hydrogen-bond acceptors (Lipinski definition) is 2. The minimum atomic E-state index is -0.812. The maximum atomic E-state index is 12.4. The lowest BCUT2D eigenvalue weighted by molar-refractivity contribution is -0.153. The summed E-state index contributed by atoms with van der Waals surface area (Å²) in [7, 11) is 0. The molecule has 4 heteroatoms. The van der Waals surface area contributed by atoms with Crippen LogP contribution < -0.4 is 0 Å². The van der Waals surface area contributed by atoms with Gasteiger partial charge in [-0.1, -0.05) is 31.2 Å². The van der Waals surface area contributed by atoms with Crippen LogP contribution in [0.5, 0.6) is 0 Å². The predicted octanol–water partition coefficient (Wildman–Crippen LogP) is 2.50. The third-order valence-corrected chi connectivity index (χ3v) is 4.32. The number of likely N-dealkylation sites (tertiary alicyclic amines) is 1. The number of amides is 1. The number of hydrogen-bond donors (Lipinski definition) is 1. The highest BCUT2D eigenvalue weighted by atomic mass is 16.4. The summed E-state index contributed by atoms with van der Waals surface area (Å²) in [5.41, 5.74) is 1.41. The minimum Gasteiger partial charge on any atom is -0.481 e.